The molecule has 0 radical (unpaired) electrons. The number of fused-ring (bicyclic) bond motifs is 2. The highest BCUT2D eigenvalue weighted by molar-refractivity contribution is 7.99. The monoisotopic (exact) mass is 239 g/mol. The molecule has 3 unspecified atom stereocenters. The molecule has 0 spiro atoms. The smallest absolute Gasteiger partial charge is 0.136 e. The van der Waals surface area contributed by atoms with E-state index >= 15 is 0 Å². The van der Waals surface area contributed by atoms with Crippen molar-refractivity contribution < 1.29 is 4.79 Å². The minimum absolute atomic E-state index is 0.523. The molecule has 0 aliphatic carbocycles. The first-order valence-corrected chi connectivity index (χ1v) is 7.87. The molecule has 2 nitrogen and oxygen atoms in total. The predicted molar refractivity (Wildman–Crippen MR) is 67.9 cm³/mol. The van der Waals surface area contributed by atoms with Crippen molar-refractivity contribution in [1.29, 1.82) is 0 Å². The minimum atomic E-state index is 0.523. The van der Waals surface area contributed by atoms with Gasteiger partial charge < -0.3 is 0 Å². The second-order valence-electron chi connectivity index (χ2n) is 5.50. The van der Waals surface area contributed by atoms with Crippen LogP contribution in [0.5, 0.6) is 0 Å². The van der Waals surface area contributed by atoms with Crippen LogP contribution in [0, 0.1) is 0 Å². The summed E-state index contributed by atoms with van der Waals surface area (Å²) in [5, 5.41) is 0. The number of nitrogens with zero attached hydrogens (tertiary/aromatic N) is 1. The number of rotatable bonds is 1. The van der Waals surface area contributed by atoms with Gasteiger partial charge in [0.25, 0.3) is 0 Å². The molecule has 3 atom stereocenters. The molecule has 0 aromatic carbocycles. The van der Waals surface area contributed by atoms with E-state index in [-0.39, 0.29) is 0 Å². The summed E-state index contributed by atoms with van der Waals surface area (Å²) in [6.45, 7) is 0. The number of hydrogen-bond acceptors (Lipinski definition) is 3. The predicted octanol–water partition coefficient (Wildman–Crippen LogP) is 2.47. The summed E-state index contributed by atoms with van der Waals surface area (Å²) in [6, 6.07) is 1.98. The van der Waals surface area contributed by atoms with E-state index in [0.29, 0.717) is 17.9 Å². The number of Topliss-reactive ketones (excluding diaryl/α,β-unsaturated/α-hetero) is 1. The zero-order valence-corrected chi connectivity index (χ0v) is 10.7. The molecule has 3 rings (SSSR count). The van der Waals surface area contributed by atoms with Gasteiger partial charge in [0, 0.05) is 36.7 Å². The average Bonchev–Trinajstić information content (AvgIpc) is 2.29. The van der Waals surface area contributed by atoms with Gasteiger partial charge in [-0.3, -0.25) is 9.69 Å². The lowest BCUT2D eigenvalue weighted by molar-refractivity contribution is -0.128. The molecule has 0 aromatic heterocycles. The van der Waals surface area contributed by atoms with Gasteiger partial charge in [-0.1, -0.05) is 6.42 Å². The van der Waals surface area contributed by atoms with Gasteiger partial charge in [-0.05, 0) is 31.4 Å². The molecule has 0 amide bonds. The molecule has 3 aliphatic rings. The fraction of sp³-hybridized carbons (Fsp3) is 0.923. The zero-order chi connectivity index (χ0) is 11.0. The van der Waals surface area contributed by atoms with Crippen molar-refractivity contribution in [2.45, 2.75) is 63.1 Å². The largest absolute Gasteiger partial charge is 0.300 e. The van der Waals surface area contributed by atoms with Gasteiger partial charge in [0.05, 0.1) is 0 Å². The molecule has 16 heavy (non-hydrogen) atoms. The first kappa shape index (κ1) is 11.1. The van der Waals surface area contributed by atoms with Crippen LogP contribution in [-0.2, 0) is 4.79 Å². The Kier molecular flexibility index (Phi) is 3.25. The van der Waals surface area contributed by atoms with Crippen LogP contribution in [0.1, 0.15) is 44.9 Å². The van der Waals surface area contributed by atoms with E-state index in [0.717, 1.165) is 18.9 Å². The second-order valence-corrected chi connectivity index (χ2v) is 6.65. The Morgan fingerprint density at radius 2 is 1.69 bits per heavy atom. The van der Waals surface area contributed by atoms with Crippen molar-refractivity contribution in [3.05, 3.63) is 0 Å². The molecule has 3 heteroatoms. The topological polar surface area (TPSA) is 20.3 Å². The highest BCUT2D eigenvalue weighted by atomic mass is 32.2. The van der Waals surface area contributed by atoms with Crippen LogP contribution in [0.2, 0.25) is 0 Å². The Hall–Kier alpha value is -0.0200. The lowest BCUT2D eigenvalue weighted by atomic mass is 9.82. The third-order valence-electron chi connectivity index (χ3n) is 4.40. The van der Waals surface area contributed by atoms with Crippen LogP contribution in [0.4, 0.5) is 0 Å². The molecular weight excluding hydrogens is 218 g/mol. The number of carbonyl (C=O) groups is 1. The van der Waals surface area contributed by atoms with Crippen LogP contribution in [0.3, 0.4) is 0 Å². The summed E-state index contributed by atoms with van der Waals surface area (Å²) < 4.78 is 0. The van der Waals surface area contributed by atoms with E-state index in [4.69, 9.17) is 0 Å². The SMILES string of the molecule is O=C1CC2CCCC(C1)N2C1CCCSC1. The highest BCUT2D eigenvalue weighted by Crippen LogP contribution is 2.37. The molecule has 0 saturated carbocycles. The van der Waals surface area contributed by atoms with Crippen molar-refractivity contribution >= 4 is 17.5 Å². The molecular formula is C13H21NOS. The number of carbonyl (C=O) groups excluding carboxylic acids is 1. The lowest BCUT2D eigenvalue weighted by Gasteiger charge is -2.50. The van der Waals surface area contributed by atoms with Crippen molar-refractivity contribution in [1.82, 2.24) is 4.90 Å². The van der Waals surface area contributed by atoms with Crippen LogP contribution >= 0.6 is 11.8 Å². The number of thioether (sulfide) groups is 1. The standard InChI is InChI=1S/C13H21NOS/c15-13-7-10-3-1-4-11(8-13)14(10)12-5-2-6-16-9-12/h10-12H,1-9H2. The fourth-order valence-electron chi connectivity index (χ4n) is 3.76. The van der Waals surface area contributed by atoms with E-state index in [2.05, 4.69) is 16.7 Å². The van der Waals surface area contributed by atoms with Crippen LogP contribution < -0.4 is 0 Å². The summed E-state index contributed by atoms with van der Waals surface area (Å²) in [5.74, 6) is 3.18. The molecule has 3 fully saturated rings. The zero-order valence-electron chi connectivity index (χ0n) is 9.86. The summed E-state index contributed by atoms with van der Waals surface area (Å²) in [5.41, 5.74) is 0. The van der Waals surface area contributed by atoms with Gasteiger partial charge >= 0.3 is 0 Å². The molecule has 0 aromatic rings. The van der Waals surface area contributed by atoms with E-state index in [9.17, 15) is 4.79 Å². The summed E-state index contributed by atoms with van der Waals surface area (Å²) >= 11 is 2.11. The minimum Gasteiger partial charge on any atom is -0.300 e. The molecule has 3 aliphatic heterocycles. The van der Waals surface area contributed by atoms with Gasteiger partial charge in [-0.2, -0.15) is 11.8 Å². The first-order chi connectivity index (χ1) is 7.84. The second kappa shape index (κ2) is 4.69. The Labute approximate surface area is 102 Å². The van der Waals surface area contributed by atoms with Crippen LogP contribution in [0.15, 0.2) is 0 Å². The van der Waals surface area contributed by atoms with E-state index < -0.39 is 0 Å². The quantitative estimate of drug-likeness (QED) is 0.701. The third kappa shape index (κ3) is 2.04. The van der Waals surface area contributed by atoms with E-state index in [1.54, 1.807) is 0 Å². The van der Waals surface area contributed by atoms with Gasteiger partial charge in [-0.25, -0.2) is 0 Å². The Bertz CT molecular complexity index is 259. The molecule has 3 saturated heterocycles. The summed E-state index contributed by atoms with van der Waals surface area (Å²) in [7, 11) is 0. The highest BCUT2D eigenvalue weighted by Gasteiger charge is 2.41. The number of hydrogen-bond donors (Lipinski definition) is 0. The third-order valence-corrected chi connectivity index (χ3v) is 5.60. The van der Waals surface area contributed by atoms with E-state index in [1.165, 1.54) is 43.6 Å². The summed E-state index contributed by atoms with van der Waals surface area (Å²) in [6.07, 6.45) is 8.31. The average molecular weight is 239 g/mol. The van der Waals surface area contributed by atoms with Crippen molar-refractivity contribution in [3.8, 4) is 0 Å². The Morgan fingerprint density at radius 3 is 2.31 bits per heavy atom. The molecule has 90 valence electrons. The fourth-order valence-corrected chi connectivity index (χ4v) is 4.91. The Balaban J connectivity index is 1.75. The number of ketones is 1. The Morgan fingerprint density at radius 1 is 1.00 bits per heavy atom. The number of piperidine rings is 2. The molecule has 0 N–H and O–H groups in total. The molecule has 3 heterocycles. The van der Waals surface area contributed by atoms with Gasteiger partial charge in [0.1, 0.15) is 5.78 Å². The lowest BCUT2D eigenvalue weighted by Crippen LogP contribution is -2.57. The molecule has 2 bridgehead atoms. The van der Waals surface area contributed by atoms with Gasteiger partial charge in [0.2, 0.25) is 0 Å². The van der Waals surface area contributed by atoms with Gasteiger partial charge in [-0.15, -0.1) is 0 Å². The van der Waals surface area contributed by atoms with Crippen molar-refractivity contribution in [3.63, 3.8) is 0 Å². The maximum atomic E-state index is 11.7. The van der Waals surface area contributed by atoms with Crippen molar-refractivity contribution in [2.24, 2.45) is 0 Å². The van der Waals surface area contributed by atoms with E-state index in [1.807, 2.05) is 0 Å². The van der Waals surface area contributed by atoms with Crippen LogP contribution in [-0.4, -0.2) is 40.3 Å². The normalized spacial score (nSPS) is 41.0. The van der Waals surface area contributed by atoms with Crippen molar-refractivity contribution in [2.75, 3.05) is 11.5 Å². The summed E-state index contributed by atoms with van der Waals surface area (Å²) in [4.78, 5) is 14.4. The maximum Gasteiger partial charge on any atom is 0.136 e. The van der Waals surface area contributed by atoms with Gasteiger partial charge in [0.15, 0.2) is 0 Å². The first-order valence-electron chi connectivity index (χ1n) is 6.71. The maximum absolute atomic E-state index is 11.7. The van der Waals surface area contributed by atoms with Crippen LogP contribution in [0.25, 0.3) is 0 Å².